The van der Waals surface area contributed by atoms with Crippen molar-refractivity contribution in [1.82, 2.24) is 14.5 Å². The van der Waals surface area contributed by atoms with Crippen LogP contribution in [-0.4, -0.2) is 52.1 Å². The quantitative estimate of drug-likeness (QED) is 0.333. The highest BCUT2D eigenvalue weighted by Gasteiger charge is 2.45. The minimum atomic E-state index is -1.85. The summed E-state index contributed by atoms with van der Waals surface area (Å²) in [5, 5.41) is 11.8. The molecule has 0 aliphatic carbocycles. The largest absolute Gasteiger partial charge is 0.458 e. The third kappa shape index (κ3) is 3.90. The van der Waals surface area contributed by atoms with Crippen LogP contribution in [0.2, 0.25) is 0 Å². The molecule has 1 N–H and O–H groups in total. The van der Waals surface area contributed by atoms with E-state index in [1.165, 1.54) is 0 Å². The number of fused-ring (bicyclic) bond motifs is 5. The smallest absolute Gasteiger partial charge is 0.343 e. The van der Waals surface area contributed by atoms with Crippen LogP contribution < -0.4 is 10.3 Å². The molecular weight excluding hydrogens is 450 g/mol. The number of hydrogen-bond acceptors (Lipinski definition) is 8. The lowest BCUT2D eigenvalue weighted by Gasteiger charge is -2.31. The summed E-state index contributed by atoms with van der Waals surface area (Å²) < 4.78 is 12.2. The summed E-state index contributed by atoms with van der Waals surface area (Å²) in [5.74, 6) is -0.587. The van der Waals surface area contributed by atoms with Gasteiger partial charge in [-0.05, 0) is 63.8 Å². The molecule has 0 amide bonds. The van der Waals surface area contributed by atoms with Gasteiger partial charge in [0.15, 0.2) is 5.60 Å². The van der Waals surface area contributed by atoms with E-state index in [-0.39, 0.29) is 24.6 Å². The van der Waals surface area contributed by atoms with Crippen LogP contribution in [0.15, 0.2) is 35.1 Å². The highest BCUT2D eigenvalue weighted by atomic mass is 16.6. The maximum atomic E-state index is 13.3. The Hall–Kier alpha value is -3.56. The van der Waals surface area contributed by atoms with Gasteiger partial charge in [0.25, 0.3) is 5.56 Å². The Bertz CT molecular complexity index is 1430. The van der Waals surface area contributed by atoms with E-state index in [9.17, 15) is 19.5 Å². The Morgan fingerprint density at radius 2 is 2.06 bits per heavy atom. The summed E-state index contributed by atoms with van der Waals surface area (Å²) in [5.41, 5.74) is 1.13. The maximum Gasteiger partial charge on any atom is 0.343 e. The zero-order valence-electron chi connectivity index (χ0n) is 20.0. The lowest BCUT2D eigenvalue weighted by molar-refractivity contribution is -0.172. The fourth-order valence-corrected chi connectivity index (χ4v) is 4.75. The molecule has 4 heterocycles. The molecule has 5 rings (SSSR count). The van der Waals surface area contributed by atoms with Crippen molar-refractivity contribution < 1.29 is 24.2 Å². The van der Waals surface area contributed by atoms with E-state index in [1.807, 2.05) is 25.1 Å². The Balaban J connectivity index is 1.49. The van der Waals surface area contributed by atoms with Crippen LogP contribution in [0.5, 0.6) is 5.75 Å². The number of benzene rings is 1. The summed E-state index contributed by atoms with van der Waals surface area (Å²) in [6.45, 7) is 2.63. The number of pyridine rings is 2. The first-order valence-electron chi connectivity index (χ1n) is 11.7. The van der Waals surface area contributed by atoms with Gasteiger partial charge in [-0.15, -0.1) is 0 Å². The van der Waals surface area contributed by atoms with Gasteiger partial charge in [0.1, 0.15) is 12.4 Å². The second-order valence-corrected chi connectivity index (χ2v) is 9.33. The Labute approximate surface area is 201 Å². The number of aliphatic hydroxyl groups is 1. The van der Waals surface area contributed by atoms with E-state index in [4.69, 9.17) is 14.5 Å². The molecule has 2 aliphatic rings. The van der Waals surface area contributed by atoms with E-state index >= 15 is 0 Å². The van der Waals surface area contributed by atoms with Crippen molar-refractivity contribution >= 4 is 22.8 Å². The molecule has 0 radical (unpaired) electrons. The SMILES string of the molecule is CCC1(O)C(=O)OCc2c1cc1n(c2=O)Cc2cc3cc(OC(=O)CCCN(C)C)ccc3nc2-1. The van der Waals surface area contributed by atoms with Gasteiger partial charge in [-0.3, -0.25) is 9.59 Å². The molecule has 9 heteroatoms. The molecular formula is C26H27N3O6. The highest BCUT2D eigenvalue weighted by molar-refractivity contribution is 5.87. The van der Waals surface area contributed by atoms with Gasteiger partial charge in [0.05, 0.1) is 29.0 Å². The number of hydrogen-bond donors (Lipinski definition) is 1. The third-order valence-corrected chi connectivity index (χ3v) is 6.70. The Morgan fingerprint density at radius 3 is 2.80 bits per heavy atom. The van der Waals surface area contributed by atoms with Crippen molar-refractivity contribution in [2.24, 2.45) is 0 Å². The van der Waals surface area contributed by atoms with Gasteiger partial charge in [-0.25, -0.2) is 9.78 Å². The number of aromatic nitrogens is 2. The molecule has 0 fully saturated rings. The first kappa shape index (κ1) is 23.2. The van der Waals surface area contributed by atoms with Crippen molar-refractivity contribution in [1.29, 1.82) is 0 Å². The topological polar surface area (TPSA) is 111 Å². The Morgan fingerprint density at radius 1 is 1.26 bits per heavy atom. The second-order valence-electron chi connectivity index (χ2n) is 9.33. The number of carbonyl (C=O) groups excluding carboxylic acids is 2. The molecule has 3 aromatic rings. The van der Waals surface area contributed by atoms with Crippen molar-refractivity contribution in [2.75, 3.05) is 20.6 Å². The van der Waals surface area contributed by atoms with Gasteiger partial charge in [-0.2, -0.15) is 0 Å². The summed E-state index contributed by atoms with van der Waals surface area (Å²) in [7, 11) is 3.91. The minimum absolute atomic E-state index is 0.0936. The fourth-order valence-electron chi connectivity index (χ4n) is 4.75. The third-order valence-electron chi connectivity index (χ3n) is 6.70. The van der Waals surface area contributed by atoms with Gasteiger partial charge in [-0.1, -0.05) is 6.92 Å². The number of cyclic esters (lactones) is 1. The van der Waals surface area contributed by atoms with Crippen LogP contribution in [0.25, 0.3) is 22.3 Å². The molecule has 2 aliphatic heterocycles. The molecule has 1 atom stereocenters. The van der Waals surface area contributed by atoms with Gasteiger partial charge in [0, 0.05) is 22.9 Å². The average molecular weight is 478 g/mol. The van der Waals surface area contributed by atoms with Crippen LogP contribution in [-0.2, 0) is 33.1 Å². The van der Waals surface area contributed by atoms with E-state index in [0.29, 0.717) is 46.7 Å². The van der Waals surface area contributed by atoms with Gasteiger partial charge in [0.2, 0.25) is 0 Å². The van der Waals surface area contributed by atoms with Gasteiger partial charge >= 0.3 is 11.9 Å². The number of esters is 2. The van der Waals surface area contributed by atoms with Crippen molar-refractivity contribution in [2.45, 2.75) is 44.9 Å². The normalized spacial score (nSPS) is 18.3. The van der Waals surface area contributed by atoms with Crippen LogP contribution >= 0.6 is 0 Å². The molecule has 0 bridgehead atoms. The van der Waals surface area contributed by atoms with Crippen molar-refractivity contribution in [3.63, 3.8) is 0 Å². The maximum absolute atomic E-state index is 13.3. The fraction of sp³-hybridized carbons (Fsp3) is 0.385. The van der Waals surface area contributed by atoms with Crippen LogP contribution in [0.3, 0.4) is 0 Å². The summed E-state index contributed by atoms with van der Waals surface area (Å²) in [4.78, 5) is 44.5. The molecule has 9 nitrogen and oxygen atoms in total. The summed E-state index contributed by atoms with van der Waals surface area (Å²) >= 11 is 0. The summed E-state index contributed by atoms with van der Waals surface area (Å²) in [6.07, 6.45) is 1.14. The van der Waals surface area contributed by atoms with E-state index in [2.05, 4.69) is 0 Å². The molecule has 1 aromatic carbocycles. The van der Waals surface area contributed by atoms with Crippen LogP contribution in [0, 0.1) is 0 Å². The predicted molar refractivity (Wildman–Crippen MR) is 128 cm³/mol. The zero-order valence-corrected chi connectivity index (χ0v) is 20.0. The highest BCUT2D eigenvalue weighted by Crippen LogP contribution is 2.38. The first-order chi connectivity index (χ1) is 16.7. The average Bonchev–Trinajstić information content (AvgIpc) is 3.18. The van der Waals surface area contributed by atoms with E-state index < -0.39 is 11.6 Å². The standard InChI is InChI=1S/C26H27N3O6/c1-4-26(33)19-12-21-23-16(13-29(21)24(31)18(19)14-34-25(26)32)10-15-11-17(7-8-20(15)27-23)35-22(30)6-5-9-28(2)3/h7-8,10-12,33H,4-6,9,13-14H2,1-3H3. The lowest BCUT2D eigenvalue weighted by Crippen LogP contribution is -2.44. The number of rotatable bonds is 6. The number of carbonyl (C=O) groups is 2. The first-order valence-corrected chi connectivity index (χ1v) is 11.7. The van der Waals surface area contributed by atoms with Crippen molar-refractivity contribution in [3.8, 4) is 17.1 Å². The molecule has 1 unspecified atom stereocenters. The molecule has 0 spiro atoms. The number of nitrogens with zero attached hydrogens (tertiary/aromatic N) is 3. The molecule has 0 saturated carbocycles. The molecule has 0 saturated heterocycles. The van der Waals surface area contributed by atoms with E-state index in [1.54, 1.807) is 35.8 Å². The summed E-state index contributed by atoms with van der Waals surface area (Å²) in [6, 6.07) is 8.87. The van der Waals surface area contributed by atoms with Gasteiger partial charge < -0.3 is 24.0 Å². The van der Waals surface area contributed by atoms with Crippen LogP contribution in [0.4, 0.5) is 0 Å². The predicted octanol–water partition coefficient (Wildman–Crippen LogP) is 2.33. The minimum Gasteiger partial charge on any atom is -0.458 e. The molecule has 182 valence electrons. The van der Waals surface area contributed by atoms with Crippen molar-refractivity contribution in [3.05, 3.63) is 57.4 Å². The monoisotopic (exact) mass is 477 g/mol. The van der Waals surface area contributed by atoms with Crippen LogP contribution in [0.1, 0.15) is 42.9 Å². The molecule has 2 aromatic heterocycles. The number of ether oxygens (including phenoxy) is 2. The zero-order chi connectivity index (χ0) is 24.9. The second kappa shape index (κ2) is 8.58. The lowest BCUT2D eigenvalue weighted by atomic mass is 9.86. The molecule has 35 heavy (non-hydrogen) atoms. The Kier molecular flexibility index (Phi) is 5.69. The van der Waals surface area contributed by atoms with E-state index in [0.717, 1.165) is 23.9 Å².